The van der Waals surface area contributed by atoms with Crippen molar-refractivity contribution in [2.75, 3.05) is 19.6 Å². The minimum Gasteiger partial charge on any atom is -0.297 e. The average molecular weight is 177 g/mol. The van der Waals surface area contributed by atoms with Crippen molar-refractivity contribution in [3.8, 4) is 0 Å². The molecule has 0 radical (unpaired) electrons. The molecule has 72 valence electrons. The Balaban J connectivity index is 2.11. The molecule has 0 aliphatic carbocycles. The topological polar surface area (TPSA) is 3.24 Å². The monoisotopic (exact) mass is 177 g/mol. The van der Waals surface area contributed by atoms with E-state index in [1.807, 2.05) is 4.90 Å². The van der Waals surface area contributed by atoms with Crippen molar-refractivity contribution in [3.05, 3.63) is 0 Å². The first-order valence-electron chi connectivity index (χ1n) is 4.74. The van der Waals surface area contributed by atoms with E-state index in [2.05, 4.69) is 6.92 Å². The van der Waals surface area contributed by atoms with Crippen LogP contribution in [0, 0.1) is 0 Å². The van der Waals surface area contributed by atoms with E-state index in [0.29, 0.717) is 6.54 Å². The van der Waals surface area contributed by atoms with Gasteiger partial charge in [-0.05, 0) is 13.0 Å². The van der Waals surface area contributed by atoms with Crippen LogP contribution in [0.15, 0.2) is 0 Å². The summed E-state index contributed by atoms with van der Waals surface area (Å²) in [7, 11) is 0. The quantitative estimate of drug-likeness (QED) is 0.596. The number of hydrogen-bond donors (Lipinski definition) is 0. The van der Waals surface area contributed by atoms with E-state index in [1.165, 1.54) is 0 Å². The second-order valence-electron chi connectivity index (χ2n) is 3.59. The van der Waals surface area contributed by atoms with Crippen LogP contribution in [-0.2, 0) is 0 Å². The van der Waals surface area contributed by atoms with Crippen LogP contribution in [0.1, 0.15) is 32.6 Å². The molecule has 1 nitrogen and oxygen atoms in total. The zero-order chi connectivity index (χ0) is 9.03. The molecule has 0 bridgehead atoms. The van der Waals surface area contributed by atoms with Gasteiger partial charge >= 0.3 is 0 Å². The van der Waals surface area contributed by atoms with Gasteiger partial charge in [-0.15, -0.1) is 0 Å². The van der Waals surface area contributed by atoms with E-state index in [0.717, 1.165) is 25.8 Å². The Morgan fingerprint density at radius 3 is 2.58 bits per heavy atom. The summed E-state index contributed by atoms with van der Waals surface area (Å²) in [6.45, 7) is 3.54. The van der Waals surface area contributed by atoms with Gasteiger partial charge in [0.2, 0.25) is 0 Å². The smallest absolute Gasteiger partial charge is 0.261 e. The number of rotatable bonds is 4. The Kier molecular flexibility index (Phi) is 3.44. The lowest BCUT2D eigenvalue weighted by atomic mass is 10.2. The molecule has 0 N–H and O–H groups in total. The van der Waals surface area contributed by atoms with Crippen molar-refractivity contribution in [1.82, 2.24) is 4.90 Å². The van der Waals surface area contributed by atoms with Gasteiger partial charge in [-0.3, -0.25) is 4.90 Å². The predicted octanol–water partition coefficient (Wildman–Crippen LogP) is 2.52. The van der Waals surface area contributed by atoms with E-state index in [-0.39, 0.29) is 13.0 Å². The average Bonchev–Trinajstić information content (AvgIpc) is 2.31. The second kappa shape index (κ2) is 4.17. The predicted molar refractivity (Wildman–Crippen MR) is 45.5 cm³/mol. The van der Waals surface area contributed by atoms with Crippen LogP contribution in [0.5, 0.6) is 0 Å². The standard InChI is InChI=1S/C9H17F2N/c1-2-3-4-6-12-7-5-9(10,11)8-12/h2-8H2,1H3. The number of alkyl halides is 2. The maximum Gasteiger partial charge on any atom is 0.261 e. The largest absolute Gasteiger partial charge is 0.297 e. The lowest BCUT2D eigenvalue weighted by molar-refractivity contribution is 0.0121. The first kappa shape index (κ1) is 9.90. The summed E-state index contributed by atoms with van der Waals surface area (Å²) in [4.78, 5) is 1.87. The first-order chi connectivity index (χ1) is 5.64. The SMILES string of the molecule is CCCCCN1CCC(F)(F)C1. The van der Waals surface area contributed by atoms with Gasteiger partial charge in [0.15, 0.2) is 0 Å². The van der Waals surface area contributed by atoms with Crippen molar-refractivity contribution in [3.63, 3.8) is 0 Å². The zero-order valence-corrected chi connectivity index (χ0v) is 7.65. The molecule has 0 amide bonds. The van der Waals surface area contributed by atoms with Crippen LogP contribution < -0.4 is 0 Å². The van der Waals surface area contributed by atoms with Crippen molar-refractivity contribution in [2.45, 2.75) is 38.5 Å². The summed E-state index contributed by atoms with van der Waals surface area (Å²) >= 11 is 0. The molecule has 0 aromatic heterocycles. The Bertz CT molecular complexity index is 136. The van der Waals surface area contributed by atoms with Gasteiger partial charge in [0.05, 0.1) is 6.54 Å². The molecule has 0 aromatic carbocycles. The normalized spacial score (nSPS) is 23.2. The number of likely N-dealkylation sites (tertiary alicyclic amines) is 1. The van der Waals surface area contributed by atoms with Crippen LogP contribution in [0.25, 0.3) is 0 Å². The fourth-order valence-corrected chi connectivity index (χ4v) is 1.58. The number of hydrogen-bond acceptors (Lipinski definition) is 1. The Morgan fingerprint density at radius 1 is 1.33 bits per heavy atom. The summed E-state index contributed by atoms with van der Waals surface area (Å²) < 4.78 is 25.3. The minimum atomic E-state index is -2.41. The highest BCUT2D eigenvalue weighted by molar-refractivity contribution is 4.81. The van der Waals surface area contributed by atoms with Gasteiger partial charge in [0.25, 0.3) is 5.92 Å². The Hall–Kier alpha value is -0.180. The summed E-state index contributed by atoms with van der Waals surface area (Å²) in [6.07, 6.45) is 3.43. The van der Waals surface area contributed by atoms with Crippen LogP contribution in [0.4, 0.5) is 8.78 Å². The molecular weight excluding hydrogens is 160 g/mol. The summed E-state index contributed by atoms with van der Waals surface area (Å²) in [5.74, 6) is -2.41. The van der Waals surface area contributed by atoms with Gasteiger partial charge in [-0.25, -0.2) is 8.78 Å². The molecule has 1 rings (SSSR count). The molecule has 1 saturated heterocycles. The van der Waals surface area contributed by atoms with Crippen molar-refractivity contribution in [2.24, 2.45) is 0 Å². The highest BCUT2D eigenvalue weighted by atomic mass is 19.3. The fraction of sp³-hybridized carbons (Fsp3) is 1.00. The molecule has 0 saturated carbocycles. The van der Waals surface area contributed by atoms with E-state index in [1.54, 1.807) is 0 Å². The lowest BCUT2D eigenvalue weighted by Crippen LogP contribution is -2.26. The maximum absolute atomic E-state index is 12.7. The van der Waals surface area contributed by atoms with Crippen LogP contribution in [0.2, 0.25) is 0 Å². The van der Waals surface area contributed by atoms with E-state index in [4.69, 9.17) is 0 Å². The van der Waals surface area contributed by atoms with E-state index >= 15 is 0 Å². The third-order valence-corrected chi connectivity index (χ3v) is 2.33. The Labute approximate surface area is 72.7 Å². The third kappa shape index (κ3) is 3.05. The van der Waals surface area contributed by atoms with Crippen LogP contribution in [-0.4, -0.2) is 30.5 Å². The molecule has 1 aliphatic heterocycles. The zero-order valence-electron chi connectivity index (χ0n) is 7.65. The first-order valence-corrected chi connectivity index (χ1v) is 4.74. The van der Waals surface area contributed by atoms with Gasteiger partial charge in [0.1, 0.15) is 0 Å². The van der Waals surface area contributed by atoms with Crippen molar-refractivity contribution >= 4 is 0 Å². The summed E-state index contributed by atoms with van der Waals surface area (Å²) in [5, 5.41) is 0. The molecule has 0 aromatic rings. The number of unbranched alkanes of at least 4 members (excludes halogenated alkanes) is 2. The Morgan fingerprint density at radius 2 is 2.08 bits per heavy atom. The van der Waals surface area contributed by atoms with E-state index < -0.39 is 5.92 Å². The van der Waals surface area contributed by atoms with E-state index in [9.17, 15) is 8.78 Å². The minimum absolute atomic E-state index is 0.0171. The third-order valence-electron chi connectivity index (χ3n) is 2.33. The number of halogens is 2. The van der Waals surface area contributed by atoms with Crippen LogP contribution >= 0.6 is 0 Å². The van der Waals surface area contributed by atoms with Gasteiger partial charge in [0, 0.05) is 13.0 Å². The summed E-state index contributed by atoms with van der Waals surface area (Å²) in [6, 6.07) is 0. The molecule has 12 heavy (non-hydrogen) atoms. The number of nitrogens with zero attached hydrogens (tertiary/aromatic N) is 1. The molecule has 0 unspecified atom stereocenters. The molecular formula is C9H17F2N. The van der Waals surface area contributed by atoms with Crippen molar-refractivity contribution in [1.29, 1.82) is 0 Å². The van der Waals surface area contributed by atoms with Crippen LogP contribution in [0.3, 0.4) is 0 Å². The second-order valence-corrected chi connectivity index (χ2v) is 3.59. The summed E-state index contributed by atoms with van der Waals surface area (Å²) in [5.41, 5.74) is 0. The van der Waals surface area contributed by atoms with Gasteiger partial charge in [-0.1, -0.05) is 19.8 Å². The highest BCUT2D eigenvalue weighted by Gasteiger charge is 2.37. The molecule has 0 atom stereocenters. The van der Waals surface area contributed by atoms with Gasteiger partial charge < -0.3 is 0 Å². The molecule has 1 fully saturated rings. The molecule has 1 aliphatic rings. The maximum atomic E-state index is 12.7. The molecule has 1 heterocycles. The molecule has 0 spiro atoms. The van der Waals surface area contributed by atoms with Gasteiger partial charge in [-0.2, -0.15) is 0 Å². The highest BCUT2D eigenvalue weighted by Crippen LogP contribution is 2.26. The lowest BCUT2D eigenvalue weighted by Gasteiger charge is -2.14. The molecule has 3 heteroatoms. The fourth-order valence-electron chi connectivity index (χ4n) is 1.58. The van der Waals surface area contributed by atoms with Crippen molar-refractivity contribution < 1.29 is 8.78 Å².